The van der Waals surface area contributed by atoms with Gasteiger partial charge in [0.05, 0.1) is 31.0 Å². The Morgan fingerprint density at radius 2 is 1.66 bits per heavy atom. The Morgan fingerprint density at radius 1 is 0.971 bits per heavy atom. The molecular formula is C28H28N2O5. The van der Waals surface area contributed by atoms with E-state index in [1.165, 1.54) is 14.2 Å². The third-order valence-corrected chi connectivity index (χ3v) is 5.61. The van der Waals surface area contributed by atoms with Gasteiger partial charge >= 0.3 is 0 Å². The second kappa shape index (κ2) is 10.9. The second-order valence-electron chi connectivity index (χ2n) is 8.10. The molecule has 7 nitrogen and oxygen atoms in total. The molecule has 35 heavy (non-hydrogen) atoms. The van der Waals surface area contributed by atoms with E-state index in [0.717, 1.165) is 22.0 Å². The number of pyridine rings is 1. The summed E-state index contributed by atoms with van der Waals surface area (Å²) in [5.74, 6) is 1.08. The molecule has 180 valence electrons. The van der Waals surface area contributed by atoms with Gasteiger partial charge < -0.3 is 24.6 Å². The van der Waals surface area contributed by atoms with Crippen LogP contribution in [0.2, 0.25) is 0 Å². The fraction of sp³-hybridized carbons (Fsp3) is 0.214. The smallest absolute Gasteiger partial charge is 0.252 e. The van der Waals surface area contributed by atoms with Crippen molar-refractivity contribution in [3.63, 3.8) is 0 Å². The SMILES string of the molecule is COc1cccc(OC)c1OCC(O)CNC(=O)c1cc(-c2ccc(C)cc2)nc2ccccc12. The molecular weight excluding hydrogens is 444 g/mol. The maximum atomic E-state index is 13.1. The molecule has 0 fully saturated rings. The predicted molar refractivity (Wildman–Crippen MR) is 135 cm³/mol. The van der Waals surface area contributed by atoms with Crippen molar-refractivity contribution in [2.75, 3.05) is 27.4 Å². The van der Waals surface area contributed by atoms with Crippen LogP contribution < -0.4 is 19.5 Å². The molecule has 0 radical (unpaired) electrons. The highest BCUT2D eigenvalue weighted by Crippen LogP contribution is 2.36. The zero-order chi connectivity index (χ0) is 24.8. The van der Waals surface area contributed by atoms with Crippen molar-refractivity contribution >= 4 is 16.8 Å². The van der Waals surface area contributed by atoms with Crippen LogP contribution in [-0.4, -0.2) is 49.5 Å². The van der Waals surface area contributed by atoms with Crippen LogP contribution in [-0.2, 0) is 0 Å². The third-order valence-electron chi connectivity index (χ3n) is 5.61. The van der Waals surface area contributed by atoms with Gasteiger partial charge in [-0.15, -0.1) is 0 Å². The van der Waals surface area contributed by atoms with Crippen molar-refractivity contribution in [2.45, 2.75) is 13.0 Å². The van der Waals surface area contributed by atoms with E-state index in [0.29, 0.717) is 28.5 Å². The molecule has 0 spiro atoms. The number of aliphatic hydroxyl groups excluding tert-OH is 1. The third kappa shape index (κ3) is 5.53. The first-order valence-corrected chi connectivity index (χ1v) is 11.3. The molecule has 2 N–H and O–H groups in total. The van der Waals surface area contributed by atoms with E-state index in [1.54, 1.807) is 24.3 Å². The van der Waals surface area contributed by atoms with Gasteiger partial charge in [-0.2, -0.15) is 0 Å². The molecule has 1 aromatic heterocycles. The highest BCUT2D eigenvalue weighted by atomic mass is 16.5. The number of hydrogen-bond donors (Lipinski definition) is 2. The molecule has 1 amide bonds. The van der Waals surface area contributed by atoms with E-state index in [4.69, 9.17) is 19.2 Å². The summed E-state index contributed by atoms with van der Waals surface area (Å²) >= 11 is 0. The fourth-order valence-corrected chi connectivity index (χ4v) is 3.74. The van der Waals surface area contributed by atoms with Crippen LogP contribution in [0.4, 0.5) is 0 Å². The van der Waals surface area contributed by atoms with E-state index in [-0.39, 0.29) is 19.1 Å². The maximum absolute atomic E-state index is 13.1. The first kappa shape index (κ1) is 24.0. The van der Waals surface area contributed by atoms with Crippen molar-refractivity contribution in [2.24, 2.45) is 0 Å². The normalized spacial score (nSPS) is 11.7. The number of hydrogen-bond acceptors (Lipinski definition) is 6. The summed E-state index contributed by atoms with van der Waals surface area (Å²) in [6.45, 7) is 1.98. The molecule has 1 atom stereocenters. The number of aliphatic hydroxyl groups is 1. The number of para-hydroxylation sites is 2. The van der Waals surface area contributed by atoms with Crippen LogP contribution >= 0.6 is 0 Å². The Labute approximate surface area is 204 Å². The lowest BCUT2D eigenvalue weighted by Gasteiger charge is -2.17. The molecule has 0 aliphatic rings. The number of benzene rings is 3. The Hall–Kier alpha value is -4.10. The lowest BCUT2D eigenvalue weighted by atomic mass is 10.0. The lowest BCUT2D eigenvalue weighted by molar-refractivity contribution is 0.0835. The number of carbonyl (C=O) groups excluding carboxylic acids is 1. The van der Waals surface area contributed by atoms with Crippen LogP contribution in [0.1, 0.15) is 15.9 Å². The Bertz CT molecular complexity index is 1300. The van der Waals surface area contributed by atoms with Gasteiger partial charge in [0.25, 0.3) is 5.91 Å². The Balaban J connectivity index is 1.49. The number of aromatic nitrogens is 1. The lowest BCUT2D eigenvalue weighted by Crippen LogP contribution is -2.35. The van der Waals surface area contributed by atoms with Crippen LogP contribution in [0.15, 0.2) is 72.8 Å². The van der Waals surface area contributed by atoms with Crippen LogP contribution in [0.3, 0.4) is 0 Å². The number of amides is 1. The number of fused-ring (bicyclic) bond motifs is 1. The maximum Gasteiger partial charge on any atom is 0.252 e. The van der Waals surface area contributed by atoms with Gasteiger partial charge in [-0.25, -0.2) is 4.98 Å². The number of rotatable bonds is 9. The highest BCUT2D eigenvalue weighted by Gasteiger charge is 2.17. The first-order valence-electron chi connectivity index (χ1n) is 11.3. The molecule has 0 bridgehead atoms. The summed E-state index contributed by atoms with van der Waals surface area (Å²) in [6, 6.07) is 22.6. The van der Waals surface area contributed by atoms with Gasteiger partial charge in [0.1, 0.15) is 12.7 Å². The average molecular weight is 473 g/mol. The zero-order valence-corrected chi connectivity index (χ0v) is 19.9. The van der Waals surface area contributed by atoms with Crippen LogP contribution in [0.25, 0.3) is 22.2 Å². The number of methoxy groups -OCH3 is 2. The molecule has 0 aliphatic carbocycles. The molecule has 0 saturated heterocycles. The minimum Gasteiger partial charge on any atom is -0.493 e. The van der Waals surface area contributed by atoms with Crippen molar-refractivity contribution in [1.29, 1.82) is 0 Å². The largest absolute Gasteiger partial charge is 0.493 e. The van der Waals surface area contributed by atoms with Gasteiger partial charge in [-0.05, 0) is 31.2 Å². The molecule has 4 aromatic rings. The van der Waals surface area contributed by atoms with Crippen molar-refractivity contribution in [3.05, 3.63) is 83.9 Å². The average Bonchev–Trinajstić information content (AvgIpc) is 2.90. The van der Waals surface area contributed by atoms with Crippen LogP contribution in [0.5, 0.6) is 17.2 Å². The molecule has 7 heteroatoms. The van der Waals surface area contributed by atoms with Gasteiger partial charge in [-0.3, -0.25) is 4.79 Å². The standard InChI is InChI=1S/C28H28N2O5/c1-18-11-13-19(14-12-18)24-15-22(21-7-4-5-8-23(21)30-24)28(32)29-16-20(31)17-35-27-25(33-2)9-6-10-26(27)34-3/h4-15,20,31H,16-17H2,1-3H3,(H,29,32). The summed E-state index contributed by atoms with van der Waals surface area (Å²) in [5.41, 5.74) is 4.00. The van der Waals surface area contributed by atoms with E-state index in [2.05, 4.69) is 5.32 Å². The van der Waals surface area contributed by atoms with Gasteiger partial charge in [0, 0.05) is 17.5 Å². The number of nitrogens with zero attached hydrogens (tertiary/aromatic N) is 1. The Kier molecular flexibility index (Phi) is 7.48. The zero-order valence-electron chi connectivity index (χ0n) is 19.9. The van der Waals surface area contributed by atoms with Gasteiger partial charge in [-0.1, -0.05) is 54.1 Å². The highest BCUT2D eigenvalue weighted by molar-refractivity contribution is 6.07. The summed E-state index contributed by atoms with van der Waals surface area (Å²) in [6.07, 6.45) is -0.946. The molecule has 4 rings (SSSR count). The summed E-state index contributed by atoms with van der Waals surface area (Å²) < 4.78 is 16.4. The number of aryl methyl sites for hydroxylation is 1. The predicted octanol–water partition coefficient (Wildman–Crippen LogP) is 4.40. The van der Waals surface area contributed by atoms with E-state index < -0.39 is 6.10 Å². The summed E-state index contributed by atoms with van der Waals surface area (Å²) in [7, 11) is 3.06. The monoisotopic (exact) mass is 472 g/mol. The second-order valence-corrected chi connectivity index (χ2v) is 8.10. The minimum atomic E-state index is -0.946. The van der Waals surface area contributed by atoms with Gasteiger partial charge in [0.2, 0.25) is 5.75 Å². The van der Waals surface area contributed by atoms with Crippen molar-refractivity contribution in [3.8, 4) is 28.5 Å². The summed E-state index contributed by atoms with van der Waals surface area (Å²) in [4.78, 5) is 17.9. The Morgan fingerprint density at radius 3 is 2.34 bits per heavy atom. The van der Waals surface area contributed by atoms with Crippen molar-refractivity contribution < 1.29 is 24.1 Å². The first-order chi connectivity index (χ1) is 17.0. The molecule has 1 unspecified atom stereocenters. The summed E-state index contributed by atoms with van der Waals surface area (Å²) in [5, 5.41) is 14.0. The van der Waals surface area contributed by atoms with E-state index in [1.807, 2.05) is 55.5 Å². The minimum absolute atomic E-state index is 0.00676. The van der Waals surface area contributed by atoms with E-state index in [9.17, 15) is 9.90 Å². The topological polar surface area (TPSA) is 89.9 Å². The van der Waals surface area contributed by atoms with Crippen molar-refractivity contribution in [1.82, 2.24) is 10.3 Å². The van der Waals surface area contributed by atoms with Gasteiger partial charge in [0.15, 0.2) is 11.5 Å². The number of ether oxygens (including phenoxy) is 3. The quantitative estimate of drug-likeness (QED) is 0.375. The fourth-order valence-electron chi connectivity index (χ4n) is 3.74. The number of nitrogens with one attached hydrogen (secondary N) is 1. The van der Waals surface area contributed by atoms with E-state index >= 15 is 0 Å². The molecule has 0 aliphatic heterocycles. The molecule has 1 heterocycles. The molecule has 3 aromatic carbocycles. The van der Waals surface area contributed by atoms with Crippen LogP contribution in [0, 0.1) is 6.92 Å². The number of carbonyl (C=O) groups is 1. The molecule has 0 saturated carbocycles.